The summed E-state index contributed by atoms with van der Waals surface area (Å²) >= 11 is 0. The highest BCUT2D eigenvalue weighted by molar-refractivity contribution is 6.14. The number of ketones is 4. The number of carbonyl (C=O) groups is 16. The lowest BCUT2D eigenvalue weighted by Crippen LogP contribution is -2.70. The first-order chi connectivity index (χ1) is 65.2. The molecule has 138 heavy (non-hydrogen) atoms. The number of nitrogens with zero attached hydrogens (tertiary/aromatic N) is 3. The zero-order chi connectivity index (χ0) is 99.8. The van der Waals surface area contributed by atoms with Gasteiger partial charge in [-0.3, -0.25) is 81.7 Å². The van der Waals surface area contributed by atoms with Gasteiger partial charge in [-0.05, 0) is 187 Å². The smallest absolute Gasteiger partial charge is 0.335 e. The molecule has 732 valence electrons. The number of ether oxygens (including phenoxy) is 4. The summed E-state index contributed by atoms with van der Waals surface area (Å²) in [5.74, 6) is -12.1. The van der Waals surface area contributed by atoms with Crippen molar-refractivity contribution in [1.82, 2.24) is 30.8 Å². The molecular formula is C100H109F4N9O25. The standard InChI is InChI=1S/C48H52F2N4O11.C41H47F2N3O8.C11H10N2O6/c1-25(51-39(59)15-17-54-40(60)12-13-41(54)61)42(62)52-26(2)43(63)53-30-7-5-6-28(19-30)18-27-8-10-29(11-9-27)44-64-38-22-32-33-21-35(49)34-20-31(56)14-16-45(34,3)47(33,50)36(57)23-46(32,4)48(38,65-44)37(58)24-55;1-21(44)35(51)45-22(2)36(52)46-26-7-5-6-24(15-26)14-23-8-10-25(11-9-23)37-53-34-18-28-29-17-31(42)30-16-27(48)12-13-38(30,3)40(29,43)32(49)19-39(28,4)41(34,54-37)33(50)20-47;14-7-1-2-8(15)12(7)6-5-11(18)19-13-9(16)3-4-10(13)17/h5-14,16,19-20,25-26,32-33,35-36,38,44,55,57H,15,17-18,21-24H2,1-4H3,(H,51,59)(H,52,62)(H,53,63);5-13,15-16,21-22,28-29,31-32,34,37,47,49H,14,17-20,44H2,1-4H3,(H,45,51)(H,46,52);1-2H,3-6H2/t25-,26-,32-,33-,35-,36-,38+,44+,45-,46-,47-,48+;21-,22-,28-,29-,31-,32-,34+,37+,38-,39-,40-,41+;/m00./s1. The molecule has 3 saturated heterocycles. The number of amides is 11. The molecular weight excluding hydrogens is 1800 g/mol. The fourth-order valence-corrected chi connectivity index (χ4v) is 23.2. The lowest BCUT2D eigenvalue weighted by molar-refractivity contribution is -0.235. The minimum Gasteiger partial charge on any atom is -0.390 e. The molecule has 8 aliphatic carbocycles. The normalized spacial score (nSPS) is 33.4. The predicted molar refractivity (Wildman–Crippen MR) is 478 cm³/mol. The Labute approximate surface area is 789 Å². The molecule has 0 bridgehead atoms. The number of rotatable bonds is 26. The van der Waals surface area contributed by atoms with Gasteiger partial charge in [0.25, 0.3) is 35.4 Å². The van der Waals surface area contributed by atoms with Crippen LogP contribution in [-0.4, -0.2) is 239 Å². The van der Waals surface area contributed by atoms with Crippen molar-refractivity contribution < 1.29 is 138 Å². The highest BCUT2D eigenvalue weighted by atomic mass is 19.2. The van der Waals surface area contributed by atoms with E-state index in [2.05, 4.69) is 31.4 Å². The minimum absolute atomic E-state index is 0.00309. The van der Waals surface area contributed by atoms with E-state index in [-0.39, 0.29) is 94.4 Å². The average Bonchev–Trinajstić information content (AvgIpc) is 1.42. The molecule has 11 N–H and O–H groups in total. The lowest BCUT2D eigenvalue weighted by Gasteiger charge is -2.63. The molecule has 5 aliphatic heterocycles. The van der Waals surface area contributed by atoms with Crippen molar-refractivity contribution in [3.63, 3.8) is 0 Å². The van der Waals surface area contributed by atoms with Crippen LogP contribution in [0.15, 0.2) is 169 Å². The Morgan fingerprint density at radius 2 is 0.877 bits per heavy atom. The zero-order valence-electron chi connectivity index (χ0n) is 76.9. The van der Waals surface area contributed by atoms with Crippen LogP contribution in [0.2, 0.25) is 0 Å². The summed E-state index contributed by atoms with van der Waals surface area (Å²) in [7, 11) is 0. The Morgan fingerprint density at radius 3 is 1.27 bits per heavy atom. The van der Waals surface area contributed by atoms with Gasteiger partial charge in [-0.2, -0.15) is 0 Å². The van der Waals surface area contributed by atoms with Crippen molar-refractivity contribution in [1.29, 1.82) is 0 Å². The van der Waals surface area contributed by atoms with Gasteiger partial charge in [0.1, 0.15) is 43.7 Å². The molecule has 0 radical (unpaired) electrons. The number of fused-ring (bicyclic) bond motifs is 14. The molecule has 24 atom stereocenters. The van der Waals surface area contributed by atoms with Crippen LogP contribution in [0.3, 0.4) is 0 Å². The van der Waals surface area contributed by atoms with Gasteiger partial charge in [-0.15, -0.1) is 5.06 Å². The average molecular weight is 1910 g/mol. The van der Waals surface area contributed by atoms with Gasteiger partial charge in [-0.1, -0.05) is 98.8 Å². The number of aliphatic hydroxyl groups excluding tert-OH is 4. The number of hydrogen-bond acceptors (Lipinski definition) is 26. The topological polar surface area (TPSA) is 496 Å². The van der Waals surface area contributed by atoms with Crippen molar-refractivity contribution in [2.75, 3.05) is 36.9 Å². The van der Waals surface area contributed by atoms with Gasteiger partial charge in [0, 0.05) is 113 Å². The van der Waals surface area contributed by atoms with Crippen molar-refractivity contribution in [2.45, 2.75) is 228 Å². The van der Waals surface area contributed by atoms with Crippen LogP contribution in [0.5, 0.6) is 0 Å². The number of imide groups is 3. The molecule has 13 aliphatic rings. The van der Waals surface area contributed by atoms with E-state index >= 15 is 17.6 Å². The molecule has 0 aromatic heterocycles. The van der Waals surface area contributed by atoms with E-state index in [0.717, 1.165) is 68.5 Å². The highest BCUT2D eigenvalue weighted by Crippen LogP contribution is 2.75. The number of hydrogen-bond donors (Lipinski definition) is 10. The van der Waals surface area contributed by atoms with E-state index in [1.807, 2.05) is 60.7 Å². The third-order valence-corrected chi connectivity index (χ3v) is 30.4. The van der Waals surface area contributed by atoms with E-state index in [1.165, 1.54) is 58.9 Å². The quantitative estimate of drug-likeness (QED) is 0.0262. The number of halogens is 4. The van der Waals surface area contributed by atoms with E-state index < -0.39 is 243 Å². The van der Waals surface area contributed by atoms with Gasteiger partial charge in [0.2, 0.25) is 29.5 Å². The van der Waals surface area contributed by atoms with Crippen molar-refractivity contribution >= 4 is 105 Å². The van der Waals surface area contributed by atoms with E-state index in [1.54, 1.807) is 57.2 Å². The number of alkyl halides is 4. The molecule has 38 heteroatoms. The Bertz CT molecular complexity index is 5830. The number of anilines is 2. The van der Waals surface area contributed by atoms with Crippen LogP contribution in [0.4, 0.5) is 28.9 Å². The molecule has 17 rings (SSSR count). The number of benzene rings is 4. The van der Waals surface area contributed by atoms with Crippen molar-refractivity contribution in [2.24, 2.45) is 51.1 Å². The third kappa shape index (κ3) is 17.6. The Hall–Kier alpha value is -12.4. The highest BCUT2D eigenvalue weighted by Gasteiger charge is 2.82. The molecule has 6 saturated carbocycles. The predicted octanol–water partition coefficient (Wildman–Crippen LogP) is 5.80. The van der Waals surface area contributed by atoms with E-state index in [9.17, 15) is 97.1 Å². The first-order valence-electron chi connectivity index (χ1n) is 45.9. The zero-order valence-corrected chi connectivity index (χ0v) is 76.9. The summed E-state index contributed by atoms with van der Waals surface area (Å²) in [6, 6.07) is 25.6. The fraction of sp³-hybridized carbons (Fsp3) is 0.480. The lowest BCUT2D eigenvalue weighted by atomic mass is 9.44. The molecule has 4 aromatic rings. The minimum atomic E-state index is -2.36. The van der Waals surface area contributed by atoms with Crippen LogP contribution in [0.1, 0.15) is 166 Å². The summed E-state index contributed by atoms with van der Waals surface area (Å²) in [5.41, 5.74) is -2.45. The fourth-order valence-electron chi connectivity index (χ4n) is 23.2. The van der Waals surface area contributed by atoms with Crippen LogP contribution in [0, 0.1) is 45.3 Å². The number of hydroxylamine groups is 2. The summed E-state index contributed by atoms with van der Waals surface area (Å²) in [4.78, 5) is 201. The van der Waals surface area contributed by atoms with Gasteiger partial charge in [0.15, 0.2) is 58.3 Å². The summed E-state index contributed by atoms with van der Waals surface area (Å²) in [6.45, 7) is 10.5. The number of carbonyl (C=O) groups excluding carboxylic acids is 16. The molecule has 5 heterocycles. The van der Waals surface area contributed by atoms with Crippen LogP contribution >= 0.6 is 0 Å². The molecule has 9 fully saturated rings. The van der Waals surface area contributed by atoms with Gasteiger partial charge < -0.3 is 76.5 Å². The first kappa shape index (κ1) is 100. The molecule has 34 nitrogen and oxygen atoms in total. The van der Waals surface area contributed by atoms with Crippen molar-refractivity contribution in [3.05, 3.63) is 202 Å². The SMILES string of the molecule is C[C@H](N)C(=O)N[C@@H](C)C(=O)Nc1cccc(Cc2ccc([C@@H]3O[C@@H]4C[C@H]5[C@@H]6C[C@H](F)C7=CC(=O)C=C[C@]7(C)[C@@]6(F)[C@@H](O)C[C@]5(C)[C@]4(C(=O)CO)O3)cc2)c1.C[C@H](NC(=O)CCN1C(=O)C=CC1=O)C(=O)N[C@@H](C)C(=O)Nc1cccc(Cc2ccc([C@@H]3O[C@@H]4C[C@H]5[C@@H]6C[C@H](F)C7=CC(=O)C=C[C@]7(C)[C@@]6(F)[C@@H](O)C[C@]5(C)[C@]4(C(=O)CO)O3)cc2)c1.O=C(CCN1C(=O)C=CC1=O)ON1C(=O)CCC1=O. The first-order valence-corrected chi connectivity index (χ1v) is 45.9. The second-order valence-electron chi connectivity index (χ2n) is 38.6. The maximum absolute atomic E-state index is 17.7. The third-order valence-electron chi connectivity index (χ3n) is 30.4. The summed E-state index contributed by atoms with van der Waals surface area (Å²) in [5, 5.41) is 57.8. The van der Waals surface area contributed by atoms with Crippen molar-refractivity contribution in [3.8, 4) is 0 Å². The largest absolute Gasteiger partial charge is 0.390 e. The maximum Gasteiger partial charge on any atom is 0.335 e. The Kier molecular flexibility index (Phi) is 27.9. The number of Topliss-reactive ketones (excluding diaryl/α,β-unsaturated/α-hetero) is 2. The summed E-state index contributed by atoms with van der Waals surface area (Å²) in [6.07, 6.45) is 1.13. The molecule has 0 spiro atoms. The van der Waals surface area contributed by atoms with E-state index in [0.29, 0.717) is 40.4 Å². The van der Waals surface area contributed by atoms with E-state index in [4.69, 9.17) is 24.7 Å². The number of aliphatic hydroxyl groups is 4. The number of nitrogens with two attached hydrogens (primary N) is 1. The molecule has 0 unspecified atom stereocenters. The monoisotopic (exact) mass is 1910 g/mol. The Morgan fingerprint density at radius 1 is 0.493 bits per heavy atom. The van der Waals surface area contributed by atoms with Gasteiger partial charge >= 0.3 is 5.97 Å². The Balaban J connectivity index is 0.000000178. The van der Waals surface area contributed by atoms with Crippen LogP contribution in [-0.2, 0) is 113 Å². The van der Waals surface area contributed by atoms with Crippen LogP contribution < -0.4 is 32.3 Å². The summed E-state index contributed by atoms with van der Waals surface area (Å²) < 4.78 is 93.4. The van der Waals surface area contributed by atoms with Gasteiger partial charge in [-0.25, -0.2) is 22.4 Å². The second-order valence-corrected chi connectivity index (χ2v) is 38.6. The molecule has 11 amide bonds. The van der Waals surface area contributed by atoms with Gasteiger partial charge in [0.05, 0.1) is 36.9 Å². The molecule has 4 aromatic carbocycles. The van der Waals surface area contributed by atoms with Crippen LogP contribution in [0.25, 0.3) is 0 Å². The number of nitrogens with one attached hydrogen (secondary N) is 5. The second kappa shape index (κ2) is 38.4. The number of allylic oxidation sites excluding steroid dienone is 8. The maximum atomic E-state index is 17.7.